The fourth-order valence-electron chi connectivity index (χ4n) is 6.41. The average Bonchev–Trinajstić information content (AvgIpc) is 3.31. The number of rotatable bonds is 26. The van der Waals surface area contributed by atoms with Gasteiger partial charge < -0.3 is 37.9 Å². The third-order valence-electron chi connectivity index (χ3n) is 9.87. The summed E-state index contributed by atoms with van der Waals surface area (Å²) in [7, 11) is 0. The first-order valence-electron chi connectivity index (χ1n) is 21.2. The molecule has 62 heavy (non-hydrogen) atoms. The number of ether oxygens (including phenoxy) is 8. The zero-order valence-corrected chi connectivity index (χ0v) is 35.2. The van der Waals surface area contributed by atoms with E-state index in [1.807, 2.05) is 72.8 Å². The summed E-state index contributed by atoms with van der Waals surface area (Å²) < 4.78 is 44.3. The zero-order chi connectivity index (χ0) is 43.8. The van der Waals surface area contributed by atoms with Crippen molar-refractivity contribution in [1.29, 1.82) is 0 Å². The normalized spacial score (nSPS) is 14.5. The number of esters is 4. The zero-order valence-electron chi connectivity index (χ0n) is 35.2. The monoisotopic (exact) mass is 848 g/mol. The molecule has 1 heterocycles. The summed E-state index contributed by atoms with van der Waals surface area (Å²) in [6, 6.07) is 29.5. The molecule has 0 spiro atoms. The van der Waals surface area contributed by atoms with E-state index in [-0.39, 0.29) is 25.2 Å². The van der Waals surface area contributed by atoms with Crippen molar-refractivity contribution in [3.8, 4) is 33.8 Å². The van der Waals surface area contributed by atoms with Crippen molar-refractivity contribution >= 4 is 23.9 Å². The topological polar surface area (TPSA) is 142 Å². The minimum atomic E-state index is -1.25. The van der Waals surface area contributed by atoms with Crippen LogP contribution in [0.3, 0.4) is 0 Å². The molecule has 4 aromatic rings. The number of carbonyl (C=O) groups excluding carboxylic acids is 4. The number of carbonyl (C=O) groups is 4. The lowest BCUT2D eigenvalue weighted by molar-refractivity contribution is -0.288. The van der Waals surface area contributed by atoms with Gasteiger partial charge in [-0.15, -0.1) is 0 Å². The van der Waals surface area contributed by atoms with E-state index >= 15 is 0 Å². The Balaban J connectivity index is 1.00. The molecule has 12 heteroatoms. The molecule has 0 radical (unpaired) electrons. The molecule has 2 atom stereocenters. The minimum absolute atomic E-state index is 0.164. The van der Waals surface area contributed by atoms with Crippen molar-refractivity contribution in [2.45, 2.75) is 76.8 Å². The van der Waals surface area contributed by atoms with Crippen LogP contribution in [-0.4, -0.2) is 76.1 Å². The number of hydrogen-bond acceptors (Lipinski definition) is 12. The van der Waals surface area contributed by atoms with E-state index in [1.54, 1.807) is 24.3 Å². The number of unbranched alkanes of at least 4 members (excludes halogenated alkanes) is 8. The second kappa shape index (κ2) is 26.2. The Labute approximate surface area is 363 Å². The van der Waals surface area contributed by atoms with Gasteiger partial charge in [0, 0.05) is 12.2 Å². The molecule has 0 saturated carbocycles. The predicted octanol–water partition coefficient (Wildman–Crippen LogP) is 9.85. The Bertz CT molecular complexity index is 1860. The third kappa shape index (κ3) is 16.0. The lowest BCUT2D eigenvalue weighted by Gasteiger charge is -2.30. The molecule has 0 bridgehead atoms. The van der Waals surface area contributed by atoms with Crippen LogP contribution < -0.4 is 9.47 Å². The Kier molecular flexibility index (Phi) is 19.8. The van der Waals surface area contributed by atoms with Crippen LogP contribution in [0.25, 0.3) is 22.3 Å². The second-order valence-electron chi connectivity index (χ2n) is 14.5. The standard InChI is InChI=1S/C50H56O12/c1-3-45(51)57-33-13-9-5-7-11-31-55-43-27-23-39(24-28-43)37-15-19-41(20-16-37)47(53)61-49-50(60-36-35-59-49)62-48(54)42-21-17-38(18-22-42)40-25-29-44(30-26-40)56-32-12-8-6-10-14-34-58-46(52)4-2/h3-4,15-30,49-50H,1-2,5-14,31-36H2/t49-,50-/m1/s1. The summed E-state index contributed by atoms with van der Waals surface area (Å²) in [5.41, 5.74) is 4.33. The predicted molar refractivity (Wildman–Crippen MR) is 234 cm³/mol. The lowest BCUT2D eigenvalue weighted by Crippen LogP contribution is -2.44. The van der Waals surface area contributed by atoms with Crippen molar-refractivity contribution in [3.63, 3.8) is 0 Å². The maximum Gasteiger partial charge on any atom is 0.340 e. The lowest BCUT2D eigenvalue weighted by atomic mass is 10.0. The van der Waals surface area contributed by atoms with E-state index < -0.39 is 24.5 Å². The highest BCUT2D eigenvalue weighted by Gasteiger charge is 2.34. The number of hydrogen-bond donors (Lipinski definition) is 0. The smallest absolute Gasteiger partial charge is 0.340 e. The Morgan fingerprint density at radius 1 is 0.452 bits per heavy atom. The molecule has 328 valence electrons. The maximum atomic E-state index is 13.1. The molecule has 0 amide bonds. The van der Waals surface area contributed by atoms with E-state index in [0.29, 0.717) is 37.6 Å². The van der Waals surface area contributed by atoms with Gasteiger partial charge in [0.1, 0.15) is 11.5 Å². The van der Waals surface area contributed by atoms with E-state index in [4.69, 9.17) is 37.9 Å². The van der Waals surface area contributed by atoms with Crippen molar-refractivity contribution in [1.82, 2.24) is 0 Å². The minimum Gasteiger partial charge on any atom is -0.494 e. The van der Waals surface area contributed by atoms with E-state index in [1.165, 1.54) is 12.2 Å². The highest BCUT2D eigenvalue weighted by molar-refractivity contribution is 5.91. The third-order valence-corrected chi connectivity index (χ3v) is 9.87. The SMILES string of the molecule is C=CC(=O)OCCCCCCCOc1ccc(-c2ccc(C(=O)O[C@H]3OCCO[C@@H]3OC(=O)c3ccc(-c4ccc(OCCCCCCCOC(=O)C=C)cc4)cc3)cc2)cc1. The Morgan fingerprint density at radius 2 is 0.758 bits per heavy atom. The molecule has 4 aromatic carbocycles. The molecule has 5 rings (SSSR count). The highest BCUT2D eigenvalue weighted by Crippen LogP contribution is 2.26. The fraction of sp³-hybridized carbons (Fsp3) is 0.360. The van der Waals surface area contributed by atoms with Gasteiger partial charge in [-0.2, -0.15) is 0 Å². The first kappa shape index (κ1) is 46.8. The van der Waals surface area contributed by atoms with Gasteiger partial charge in [-0.1, -0.05) is 100 Å². The molecule has 1 fully saturated rings. The van der Waals surface area contributed by atoms with Gasteiger partial charge in [0.2, 0.25) is 0 Å². The van der Waals surface area contributed by atoms with Crippen LogP contribution >= 0.6 is 0 Å². The molecule has 0 unspecified atom stereocenters. The molecule has 1 saturated heterocycles. The summed E-state index contributed by atoms with van der Waals surface area (Å²) in [4.78, 5) is 48.4. The summed E-state index contributed by atoms with van der Waals surface area (Å²) in [5.74, 6) is -0.508. The van der Waals surface area contributed by atoms with Gasteiger partial charge in [-0.3, -0.25) is 0 Å². The highest BCUT2D eigenvalue weighted by atomic mass is 16.8. The summed E-state index contributed by atoms with van der Waals surface area (Å²) in [6.07, 6.45) is 9.52. The fourth-order valence-corrected chi connectivity index (χ4v) is 6.41. The van der Waals surface area contributed by atoms with Crippen molar-refractivity contribution in [2.24, 2.45) is 0 Å². The summed E-state index contributed by atoms with van der Waals surface area (Å²) in [6.45, 7) is 9.17. The Hall–Kier alpha value is -6.24. The van der Waals surface area contributed by atoms with E-state index in [0.717, 1.165) is 98.0 Å². The summed E-state index contributed by atoms with van der Waals surface area (Å²) in [5, 5.41) is 0. The van der Waals surface area contributed by atoms with E-state index in [9.17, 15) is 19.2 Å². The van der Waals surface area contributed by atoms with Crippen LogP contribution in [0.5, 0.6) is 11.5 Å². The van der Waals surface area contributed by atoms with E-state index in [2.05, 4.69) is 13.2 Å². The molecule has 1 aliphatic heterocycles. The molecule has 12 nitrogen and oxygen atoms in total. The maximum absolute atomic E-state index is 13.1. The molecular weight excluding hydrogens is 793 g/mol. The molecule has 0 N–H and O–H groups in total. The van der Waals surface area contributed by atoms with Crippen LogP contribution in [0.2, 0.25) is 0 Å². The van der Waals surface area contributed by atoms with Crippen molar-refractivity contribution in [2.75, 3.05) is 39.6 Å². The molecule has 0 aliphatic carbocycles. The molecule has 1 aliphatic rings. The first-order valence-corrected chi connectivity index (χ1v) is 21.2. The van der Waals surface area contributed by atoms with Crippen LogP contribution in [0.4, 0.5) is 0 Å². The van der Waals surface area contributed by atoms with Crippen LogP contribution in [0, 0.1) is 0 Å². The molecule has 0 aromatic heterocycles. The van der Waals surface area contributed by atoms with Crippen molar-refractivity contribution in [3.05, 3.63) is 133 Å². The van der Waals surface area contributed by atoms with Crippen molar-refractivity contribution < 1.29 is 57.1 Å². The van der Waals surface area contributed by atoms with Gasteiger partial charge in [-0.25, -0.2) is 19.2 Å². The number of benzene rings is 4. The van der Waals surface area contributed by atoms with Gasteiger partial charge in [0.15, 0.2) is 0 Å². The second-order valence-corrected chi connectivity index (χ2v) is 14.5. The van der Waals surface area contributed by atoms with Crippen LogP contribution in [0.15, 0.2) is 122 Å². The van der Waals surface area contributed by atoms with Crippen LogP contribution in [0.1, 0.15) is 84.9 Å². The largest absolute Gasteiger partial charge is 0.494 e. The van der Waals surface area contributed by atoms with Gasteiger partial charge in [0.25, 0.3) is 12.6 Å². The summed E-state index contributed by atoms with van der Waals surface area (Å²) >= 11 is 0. The van der Waals surface area contributed by atoms with Gasteiger partial charge in [0.05, 0.1) is 50.8 Å². The van der Waals surface area contributed by atoms with Crippen LogP contribution in [-0.2, 0) is 38.0 Å². The molecular formula is C50H56O12. The van der Waals surface area contributed by atoms with Gasteiger partial charge in [-0.05, 0) is 96.5 Å². The average molecular weight is 849 g/mol. The van der Waals surface area contributed by atoms with Gasteiger partial charge >= 0.3 is 23.9 Å². The quantitative estimate of drug-likeness (QED) is 0.0257. The first-order chi connectivity index (χ1) is 30.3. The Morgan fingerprint density at radius 3 is 1.10 bits per heavy atom.